The number of tetrazole rings is 1. The van der Waals surface area contributed by atoms with Crippen LogP contribution in [0, 0.1) is 13.8 Å². The molecule has 3 rings (SSSR count). The highest BCUT2D eigenvalue weighted by Crippen LogP contribution is 2.18. The molecule has 0 radical (unpaired) electrons. The first kappa shape index (κ1) is 15.2. The van der Waals surface area contributed by atoms with Gasteiger partial charge in [-0.25, -0.2) is 0 Å². The number of benzene rings is 1. The Balaban J connectivity index is 1.64. The van der Waals surface area contributed by atoms with Crippen LogP contribution in [-0.4, -0.2) is 37.0 Å². The number of carbonyl (C=O) groups excluding carboxylic acids is 1. The van der Waals surface area contributed by atoms with Crippen molar-refractivity contribution in [3.63, 3.8) is 0 Å². The largest absolute Gasteiger partial charge is 0.360 e. The first-order chi connectivity index (χ1) is 11.1. The Kier molecular flexibility index (Phi) is 4.38. The summed E-state index contributed by atoms with van der Waals surface area (Å²) >= 11 is 1.24. The van der Waals surface area contributed by atoms with E-state index in [1.807, 2.05) is 31.2 Å². The molecule has 2 aromatic heterocycles. The van der Waals surface area contributed by atoms with Crippen molar-refractivity contribution in [1.29, 1.82) is 0 Å². The molecular weight excluding hydrogens is 316 g/mol. The number of carbonyl (C=O) groups is 1. The van der Waals surface area contributed by atoms with Gasteiger partial charge < -0.3 is 9.84 Å². The van der Waals surface area contributed by atoms with Gasteiger partial charge in [0.1, 0.15) is 5.76 Å². The number of nitrogens with zero attached hydrogens (tertiary/aromatic N) is 5. The molecule has 118 valence electrons. The van der Waals surface area contributed by atoms with E-state index in [9.17, 15) is 4.79 Å². The third-order valence-corrected chi connectivity index (χ3v) is 3.87. The van der Waals surface area contributed by atoms with Gasteiger partial charge in [-0.15, -0.1) is 5.10 Å². The molecule has 1 aromatic carbocycles. The fraction of sp³-hybridized carbons (Fsp3) is 0.214. The normalized spacial score (nSPS) is 10.7. The van der Waals surface area contributed by atoms with Crippen LogP contribution >= 0.6 is 11.8 Å². The summed E-state index contributed by atoms with van der Waals surface area (Å²) in [4.78, 5) is 11.9. The average molecular weight is 330 g/mol. The maximum atomic E-state index is 11.9. The molecule has 0 fully saturated rings. The molecule has 23 heavy (non-hydrogen) atoms. The van der Waals surface area contributed by atoms with E-state index >= 15 is 0 Å². The number of thioether (sulfide) groups is 1. The summed E-state index contributed by atoms with van der Waals surface area (Å²) in [7, 11) is 0. The average Bonchev–Trinajstić information content (AvgIpc) is 3.15. The highest BCUT2D eigenvalue weighted by Gasteiger charge is 2.12. The molecule has 0 saturated heterocycles. The van der Waals surface area contributed by atoms with Gasteiger partial charge in [0, 0.05) is 6.07 Å². The molecule has 1 amide bonds. The second-order valence-corrected chi connectivity index (χ2v) is 5.81. The van der Waals surface area contributed by atoms with Crippen LogP contribution in [0.25, 0.3) is 5.69 Å². The van der Waals surface area contributed by atoms with Crippen LogP contribution in [-0.2, 0) is 4.79 Å². The van der Waals surface area contributed by atoms with Crippen LogP contribution in [0.1, 0.15) is 11.3 Å². The van der Waals surface area contributed by atoms with Gasteiger partial charge in [0.2, 0.25) is 11.1 Å². The fourth-order valence-corrected chi connectivity index (χ4v) is 2.54. The minimum Gasteiger partial charge on any atom is -0.360 e. The Morgan fingerprint density at radius 1 is 1.30 bits per heavy atom. The number of hydrogen-bond acceptors (Lipinski definition) is 7. The molecule has 9 heteroatoms. The molecule has 0 bridgehead atoms. The van der Waals surface area contributed by atoms with E-state index in [1.165, 1.54) is 11.8 Å². The fourth-order valence-electron chi connectivity index (χ4n) is 1.85. The molecule has 0 saturated carbocycles. The molecule has 1 N–H and O–H groups in total. The van der Waals surface area contributed by atoms with E-state index in [4.69, 9.17) is 4.52 Å². The van der Waals surface area contributed by atoms with Gasteiger partial charge in [0.05, 0.1) is 11.4 Å². The number of aromatic nitrogens is 5. The van der Waals surface area contributed by atoms with Crippen LogP contribution in [0.4, 0.5) is 5.82 Å². The highest BCUT2D eigenvalue weighted by molar-refractivity contribution is 7.99. The van der Waals surface area contributed by atoms with E-state index in [2.05, 4.69) is 26.0 Å². The number of hydrogen-bond donors (Lipinski definition) is 1. The zero-order valence-corrected chi connectivity index (χ0v) is 13.4. The Morgan fingerprint density at radius 2 is 2.09 bits per heavy atom. The maximum absolute atomic E-state index is 11.9. The summed E-state index contributed by atoms with van der Waals surface area (Å²) in [5, 5.41) is 18.5. The van der Waals surface area contributed by atoms with Crippen molar-refractivity contribution in [3.8, 4) is 5.69 Å². The van der Waals surface area contributed by atoms with Crippen LogP contribution in [0.3, 0.4) is 0 Å². The minimum atomic E-state index is -0.207. The van der Waals surface area contributed by atoms with E-state index in [-0.39, 0.29) is 11.7 Å². The number of anilines is 1. The van der Waals surface area contributed by atoms with Gasteiger partial charge in [-0.2, -0.15) is 4.68 Å². The standard InChI is InChI=1S/C14H14N6O2S/c1-9-3-5-11(6-4-9)20-14(16-18-19-20)23-8-13(21)15-12-7-10(2)22-17-12/h3-7H,8H2,1-2H3,(H,15,17,21). The number of amides is 1. The highest BCUT2D eigenvalue weighted by atomic mass is 32.2. The van der Waals surface area contributed by atoms with Crippen molar-refractivity contribution in [2.45, 2.75) is 19.0 Å². The summed E-state index contributed by atoms with van der Waals surface area (Å²) in [6.45, 7) is 3.77. The number of rotatable bonds is 5. The lowest BCUT2D eigenvalue weighted by molar-refractivity contribution is -0.113. The van der Waals surface area contributed by atoms with Crippen molar-refractivity contribution in [2.75, 3.05) is 11.1 Å². The van der Waals surface area contributed by atoms with E-state index in [1.54, 1.807) is 17.7 Å². The molecule has 3 aromatic rings. The molecule has 0 spiro atoms. The molecule has 0 aliphatic rings. The maximum Gasteiger partial charge on any atom is 0.236 e. The minimum absolute atomic E-state index is 0.165. The zero-order valence-electron chi connectivity index (χ0n) is 12.6. The lowest BCUT2D eigenvalue weighted by Crippen LogP contribution is -2.14. The molecule has 0 unspecified atom stereocenters. The van der Waals surface area contributed by atoms with Crippen LogP contribution in [0.5, 0.6) is 0 Å². The Bertz CT molecular complexity index is 811. The van der Waals surface area contributed by atoms with Crippen molar-refractivity contribution < 1.29 is 9.32 Å². The molecule has 2 heterocycles. The topological polar surface area (TPSA) is 98.7 Å². The smallest absolute Gasteiger partial charge is 0.236 e. The molecule has 0 aliphatic heterocycles. The first-order valence-electron chi connectivity index (χ1n) is 6.83. The van der Waals surface area contributed by atoms with Gasteiger partial charge in [-0.05, 0) is 36.4 Å². The SMILES string of the molecule is Cc1ccc(-n2nnnc2SCC(=O)Nc2cc(C)on2)cc1. The van der Waals surface area contributed by atoms with E-state index in [0.717, 1.165) is 11.3 Å². The number of nitrogens with one attached hydrogen (secondary N) is 1. The lowest BCUT2D eigenvalue weighted by atomic mass is 10.2. The predicted octanol–water partition coefficient (Wildman–Crippen LogP) is 2.00. The van der Waals surface area contributed by atoms with E-state index in [0.29, 0.717) is 16.7 Å². The summed E-state index contributed by atoms with van der Waals surface area (Å²) in [6, 6.07) is 9.46. The summed E-state index contributed by atoms with van der Waals surface area (Å²) in [5.41, 5.74) is 1.99. The Morgan fingerprint density at radius 3 is 2.78 bits per heavy atom. The van der Waals surface area contributed by atoms with Crippen LogP contribution in [0.2, 0.25) is 0 Å². The Labute approximate surface area is 136 Å². The van der Waals surface area contributed by atoms with Gasteiger partial charge in [-0.3, -0.25) is 4.79 Å². The van der Waals surface area contributed by atoms with Crippen LogP contribution < -0.4 is 5.32 Å². The van der Waals surface area contributed by atoms with Gasteiger partial charge in [0.15, 0.2) is 5.82 Å². The zero-order chi connectivity index (χ0) is 16.2. The third-order valence-electron chi connectivity index (χ3n) is 2.95. The lowest BCUT2D eigenvalue weighted by Gasteiger charge is -2.04. The van der Waals surface area contributed by atoms with E-state index < -0.39 is 0 Å². The number of aryl methyl sites for hydroxylation is 2. The van der Waals surface area contributed by atoms with Gasteiger partial charge >= 0.3 is 0 Å². The van der Waals surface area contributed by atoms with Crippen molar-refractivity contribution in [1.82, 2.24) is 25.4 Å². The van der Waals surface area contributed by atoms with Crippen molar-refractivity contribution in [3.05, 3.63) is 41.7 Å². The quantitative estimate of drug-likeness (QED) is 0.714. The summed E-state index contributed by atoms with van der Waals surface area (Å²) in [5.74, 6) is 0.988. The van der Waals surface area contributed by atoms with Gasteiger partial charge in [-0.1, -0.05) is 34.6 Å². The molecule has 8 nitrogen and oxygen atoms in total. The molecular formula is C14H14N6O2S. The molecule has 0 atom stereocenters. The van der Waals surface area contributed by atoms with Crippen molar-refractivity contribution >= 4 is 23.5 Å². The third kappa shape index (κ3) is 3.75. The molecule has 0 aliphatic carbocycles. The first-order valence-corrected chi connectivity index (χ1v) is 7.82. The second-order valence-electron chi connectivity index (χ2n) is 4.87. The van der Waals surface area contributed by atoms with Crippen LogP contribution in [0.15, 0.2) is 40.0 Å². The van der Waals surface area contributed by atoms with Gasteiger partial charge in [0.25, 0.3) is 0 Å². The summed E-state index contributed by atoms with van der Waals surface area (Å²) in [6.07, 6.45) is 0. The summed E-state index contributed by atoms with van der Waals surface area (Å²) < 4.78 is 6.49. The Hall–Kier alpha value is -2.68. The second kappa shape index (κ2) is 6.61. The monoisotopic (exact) mass is 330 g/mol. The predicted molar refractivity (Wildman–Crippen MR) is 84.5 cm³/mol. The van der Waals surface area contributed by atoms with Crippen molar-refractivity contribution in [2.24, 2.45) is 0 Å².